The van der Waals surface area contributed by atoms with E-state index in [1.54, 1.807) is 6.07 Å². The van der Waals surface area contributed by atoms with Gasteiger partial charge in [0.2, 0.25) is 10.0 Å². The van der Waals surface area contributed by atoms with Crippen molar-refractivity contribution in [2.75, 3.05) is 31.6 Å². The molecule has 3 rings (SSSR count). The highest BCUT2D eigenvalue weighted by molar-refractivity contribution is 7.89. The second-order valence-corrected chi connectivity index (χ2v) is 12.8. The van der Waals surface area contributed by atoms with Crippen LogP contribution in [-0.4, -0.2) is 74.8 Å². The number of esters is 1. The quantitative estimate of drug-likeness (QED) is 0.0823. The lowest BCUT2D eigenvalue weighted by atomic mass is 9.71. The second kappa shape index (κ2) is 14.2. The fourth-order valence-electron chi connectivity index (χ4n) is 5.49. The van der Waals surface area contributed by atoms with Gasteiger partial charge in [-0.3, -0.25) is 14.6 Å². The van der Waals surface area contributed by atoms with E-state index in [9.17, 15) is 23.1 Å². The van der Waals surface area contributed by atoms with Crippen LogP contribution < -0.4 is 21.5 Å². The molecule has 1 aromatic carbocycles. The van der Waals surface area contributed by atoms with Gasteiger partial charge in [0.15, 0.2) is 11.7 Å². The minimum absolute atomic E-state index is 0.0742. The molecule has 1 aromatic rings. The molecule has 3 unspecified atom stereocenters. The highest BCUT2D eigenvalue weighted by atomic mass is 32.2. The van der Waals surface area contributed by atoms with Gasteiger partial charge in [0.25, 0.3) is 0 Å². The molecule has 0 radical (unpaired) electrons. The van der Waals surface area contributed by atoms with Crippen LogP contribution in [-0.2, 0) is 30.8 Å². The van der Waals surface area contributed by atoms with Crippen LogP contribution >= 0.6 is 0 Å². The van der Waals surface area contributed by atoms with Crippen molar-refractivity contribution in [1.82, 2.24) is 4.72 Å². The van der Waals surface area contributed by atoms with Crippen LogP contribution in [0.25, 0.3) is 0 Å². The van der Waals surface area contributed by atoms with E-state index >= 15 is 0 Å². The summed E-state index contributed by atoms with van der Waals surface area (Å²) in [7, 11) is -4.12. The van der Waals surface area contributed by atoms with Gasteiger partial charge in [0.1, 0.15) is 17.6 Å². The number of sulfonamides is 1. The number of benzene rings is 1. The number of fused-ring (bicyclic) bond motifs is 1. The SMILES string of the molecule is CC1CNc2c(cccc2S(=O)(=O)N[C@@H](CCCN=C(N)N)C(=O)C2CC[C@@H](C)C[C@@H]2C(=O)OCC(O)CO)C1. The first-order chi connectivity index (χ1) is 18.9. The number of nitrogens with one attached hydrogen (secondary N) is 2. The van der Waals surface area contributed by atoms with Gasteiger partial charge in [0.05, 0.1) is 24.3 Å². The fourth-order valence-corrected chi connectivity index (χ4v) is 6.95. The van der Waals surface area contributed by atoms with E-state index in [2.05, 4.69) is 22.0 Å². The Hall–Kier alpha value is -2.74. The van der Waals surface area contributed by atoms with E-state index in [4.69, 9.17) is 21.3 Å². The van der Waals surface area contributed by atoms with Crippen LogP contribution in [0.2, 0.25) is 0 Å². The van der Waals surface area contributed by atoms with Crippen molar-refractivity contribution in [3.8, 4) is 0 Å². The topological polar surface area (TPSA) is 206 Å². The van der Waals surface area contributed by atoms with Gasteiger partial charge in [0, 0.05) is 19.0 Å². The molecule has 224 valence electrons. The zero-order chi connectivity index (χ0) is 29.4. The summed E-state index contributed by atoms with van der Waals surface area (Å²) in [4.78, 5) is 30.9. The number of ether oxygens (including phenoxy) is 1. The molecular weight excluding hydrogens is 538 g/mol. The molecule has 0 bridgehead atoms. The Bertz CT molecular complexity index is 1170. The van der Waals surface area contributed by atoms with Gasteiger partial charge in [-0.1, -0.05) is 26.0 Å². The summed E-state index contributed by atoms with van der Waals surface area (Å²) in [6, 6.07) is 3.98. The minimum Gasteiger partial charge on any atom is -0.463 e. The molecule has 1 aliphatic heterocycles. The second-order valence-electron chi connectivity index (χ2n) is 11.1. The number of Topliss-reactive ketones (excluding diaryl/α,β-unsaturated/α-hetero) is 1. The Balaban J connectivity index is 1.87. The van der Waals surface area contributed by atoms with E-state index in [1.807, 2.05) is 13.0 Å². The van der Waals surface area contributed by atoms with Crippen molar-refractivity contribution in [2.24, 2.45) is 40.1 Å². The number of aliphatic imine (C=N–C) groups is 1. The smallest absolute Gasteiger partial charge is 0.309 e. The average molecular weight is 582 g/mol. The van der Waals surface area contributed by atoms with E-state index in [1.165, 1.54) is 6.07 Å². The summed E-state index contributed by atoms with van der Waals surface area (Å²) < 4.78 is 35.2. The van der Waals surface area contributed by atoms with Gasteiger partial charge in [-0.2, -0.15) is 0 Å². The van der Waals surface area contributed by atoms with Crippen molar-refractivity contribution in [1.29, 1.82) is 0 Å². The number of guanidine groups is 1. The molecule has 12 nitrogen and oxygen atoms in total. The Morgan fingerprint density at radius 2 is 1.95 bits per heavy atom. The number of aliphatic hydroxyl groups is 2. The largest absolute Gasteiger partial charge is 0.463 e. The monoisotopic (exact) mass is 581 g/mol. The highest BCUT2D eigenvalue weighted by Gasteiger charge is 2.42. The van der Waals surface area contributed by atoms with Crippen LogP contribution in [0.15, 0.2) is 28.1 Å². The number of para-hydroxylation sites is 1. The van der Waals surface area contributed by atoms with E-state index < -0.39 is 52.4 Å². The summed E-state index contributed by atoms with van der Waals surface area (Å²) in [5.41, 5.74) is 12.3. The molecule has 0 spiro atoms. The molecule has 6 atom stereocenters. The molecule has 1 saturated carbocycles. The lowest BCUT2D eigenvalue weighted by molar-refractivity contribution is -0.158. The summed E-state index contributed by atoms with van der Waals surface area (Å²) in [5.74, 6) is -2.19. The third-order valence-corrected chi connectivity index (χ3v) is 9.11. The number of aliphatic hydroxyl groups excluding tert-OH is 2. The lowest BCUT2D eigenvalue weighted by Gasteiger charge is -2.34. The van der Waals surface area contributed by atoms with E-state index in [-0.39, 0.29) is 36.3 Å². The zero-order valence-electron chi connectivity index (χ0n) is 23.2. The summed E-state index contributed by atoms with van der Waals surface area (Å²) in [6.45, 7) is 3.95. The number of rotatable bonds is 13. The van der Waals surface area contributed by atoms with Crippen LogP contribution in [0.3, 0.4) is 0 Å². The van der Waals surface area contributed by atoms with E-state index in [0.29, 0.717) is 43.8 Å². The summed E-state index contributed by atoms with van der Waals surface area (Å²) >= 11 is 0. The van der Waals surface area contributed by atoms with Gasteiger partial charge < -0.3 is 31.7 Å². The first kappa shape index (κ1) is 31.8. The summed E-state index contributed by atoms with van der Waals surface area (Å²) in [6.07, 6.45) is 1.47. The van der Waals surface area contributed by atoms with E-state index in [0.717, 1.165) is 12.0 Å². The zero-order valence-corrected chi connectivity index (χ0v) is 24.0. The molecule has 0 amide bonds. The third kappa shape index (κ3) is 8.38. The van der Waals surface area contributed by atoms with Gasteiger partial charge >= 0.3 is 5.97 Å². The number of ketones is 1. The molecule has 1 heterocycles. The van der Waals surface area contributed by atoms with Gasteiger partial charge in [-0.25, -0.2) is 13.1 Å². The molecule has 1 fully saturated rings. The Morgan fingerprint density at radius 3 is 2.65 bits per heavy atom. The van der Waals surface area contributed by atoms with Crippen molar-refractivity contribution in [3.05, 3.63) is 23.8 Å². The van der Waals surface area contributed by atoms with Crippen LogP contribution in [0.5, 0.6) is 0 Å². The van der Waals surface area contributed by atoms with Crippen LogP contribution in [0.1, 0.15) is 51.5 Å². The number of anilines is 1. The normalized spacial score (nSPS) is 24.2. The molecule has 13 heteroatoms. The first-order valence-corrected chi connectivity index (χ1v) is 15.3. The summed E-state index contributed by atoms with van der Waals surface area (Å²) in [5, 5.41) is 21.9. The maximum absolute atomic E-state index is 14.0. The van der Waals surface area contributed by atoms with Crippen LogP contribution in [0.4, 0.5) is 5.69 Å². The molecule has 2 aliphatic rings. The predicted molar refractivity (Wildman–Crippen MR) is 151 cm³/mol. The number of carbonyl (C=O) groups excluding carboxylic acids is 2. The maximum Gasteiger partial charge on any atom is 0.309 e. The van der Waals surface area contributed by atoms with Gasteiger partial charge in [-0.15, -0.1) is 0 Å². The molecule has 1 aliphatic carbocycles. The Morgan fingerprint density at radius 1 is 1.20 bits per heavy atom. The Kier molecular flexibility index (Phi) is 11.3. The van der Waals surface area contributed by atoms with Crippen molar-refractivity contribution >= 4 is 33.4 Å². The molecule has 0 saturated heterocycles. The Labute approximate surface area is 236 Å². The third-order valence-electron chi connectivity index (χ3n) is 7.59. The van der Waals surface area contributed by atoms with Crippen molar-refractivity contribution in [2.45, 2.75) is 69.4 Å². The van der Waals surface area contributed by atoms with Gasteiger partial charge in [-0.05, 0) is 62.0 Å². The number of nitrogens with zero attached hydrogens (tertiary/aromatic N) is 1. The number of nitrogens with two attached hydrogens (primary N) is 2. The van der Waals surface area contributed by atoms with Crippen molar-refractivity contribution < 1.29 is 33.0 Å². The lowest BCUT2D eigenvalue weighted by Crippen LogP contribution is -2.48. The highest BCUT2D eigenvalue weighted by Crippen LogP contribution is 2.37. The first-order valence-electron chi connectivity index (χ1n) is 13.9. The minimum atomic E-state index is -4.12. The molecule has 8 N–H and O–H groups in total. The molecule has 0 aromatic heterocycles. The van der Waals surface area contributed by atoms with Crippen LogP contribution in [0, 0.1) is 23.7 Å². The standard InChI is InChI=1S/C27H43N5O7S/c1-16-8-9-20(21(12-16)26(36)39-15-19(34)14-33)25(35)22(6-4-10-30-27(28)29)32-40(37,38)23-7-3-5-18-11-17(2)13-31-24(18)23/h3,5,7,16-17,19-22,31-34H,4,6,8-15H2,1-2H3,(H4,28,29,30)/t16-,17?,19?,20?,21+,22+/m1/s1. The molecule has 40 heavy (non-hydrogen) atoms. The van der Waals surface area contributed by atoms with Crippen molar-refractivity contribution in [3.63, 3.8) is 0 Å². The maximum atomic E-state index is 14.0. The number of carbonyl (C=O) groups is 2. The number of hydrogen-bond donors (Lipinski definition) is 6. The predicted octanol–water partition coefficient (Wildman–Crippen LogP) is 0.509. The number of hydrogen-bond acceptors (Lipinski definition) is 9. The fraction of sp³-hybridized carbons (Fsp3) is 0.667. The average Bonchev–Trinajstić information content (AvgIpc) is 2.91. The molecular formula is C27H43N5O7S.